The molecule has 1 aromatic carbocycles. The summed E-state index contributed by atoms with van der Waals surface area (Å²) in [7, 11) is 0. The molecule has 0 aromatic heterocycles. The Hall–Kier alpha value is -0.0500. The lowest BCUT2D eigenvalue weighted by atomic mass is 9.94. The van der Waals surface area contributed by atoms with Crippen molar-refractivity contribution in [3.05, 3.63) is 34.9 Å². The van der Waals surface area contributed by atoms with Crippen molar-refractivity contribution in [1.82, 2.24) is 0 Å². The second-order valence-electron chi connectivity index (χ2n) is 3.22. The minimum absolute atomic E-state index is 0.689. The quantitative estimate of drug-likeness (QED) is 0.830. The van der Waals surface area contributed by atoms with E-state index >= 15 is 0 Å². The first kappa shape index (κ1) is 11.0. The maximum atomic E-state index is 10.0. The summed E-state index contributed by atoms with van der Waals surface area (Å²) in [6.07, 6.45) is 0.689. The van der Waals surface area contributed by atoms with Crippen LogP contribution in [-0.4, -0.2) is 10.4 Å². The molecule has 0 fully saturated rings. The zero-order chi connectivity index (χ0) is 9.90. The van der Waals surface area contributed by atoms with E-state index in [1.54, 1.807) is 19.1 Å². The molecule has 13 heavy (non-hydrogen) atoms. The highest BCUT2D eigenvalue weighted by Gasteiger charge is 2.21. The Balaban J connectivity index is 2.87. The Morgan fingerprint density at radius 1 is 1.38 bits per heavy atom. The summed E-state index contributed by atoms with van der Waals surface area (Å²) in [6, 6.07) is 7.29. The van der Waals surface area contributed by atoms with Crippen LogP contribution in [0, 0.1) is 0 Å². The largest absolute Gasteiger partial charge is 0.385 e. The zero-order valence-corrected chi connectivity index (χ0v) is 9.77. The summed E-state index contributed by atoms with van der Waals surface area (Å²) >= 11 is 9.06. The molecular weight excluding hydrogens is 251 g/mol. The van der Waals surface area contributed by atoms with Gasteiger partial charge in [-0.15, -0.1) is 0 Å². The van der Waals surface area contributed by atoms with Crippen LogP contribution in [0.15, 0.2) is 24.3 Å². The molecule has 0 heterocycles. The highest BCUT2D eigenvalue weighted by Crippen LogP contribution is 2.26. The smallest absolute Gasteiger partial charge is 0.0876 e. The van der Waals surface area contributed by atoms with Crippen molar-refractivity contribution in [2.45, 2.75) is 18.9 Å². The first-order valence-corrected chi connectivity index (χ1v) is 5.60. The lowest BCUT2D eigenvalue weighted by Gasteiger charge is -2.22. The van der Waals surface area contributed by atoms with Gasteiger partial charge in [-0.05, 0) is 31.0 Å². The van der Waals surface area contributed by atoms with Gasteiger partial charge in [0, 0.05) is 10.4 Å². The summed E-state index contributed by atoms with van der Waals surface area (Å²) in [5.74, 6) is 0. The highest BCUT2D eigenvalue weighted by atomic mass is 79.9. The molecule has 0 aliphatic carbocycles. The Kier molecular flexibility index (Phi) is 3.77. The molecule has 0 amide bonds. The molecule has 0 radical (unpaired) electrons. The molecule has 0 spiro atoms. The van der Waals surface area contributed by atoms with Gasteiger partial charge in [0.25, 0.3) is 0 Å². The molecule has 72 valence electrons. The van der Waals surface area contributed by atoms with Crippen LogP contribution in [0.1, 0.15) is 18.9 Å². The van der Waals surface area contributed by atoms with Gasteiger partial charge in [-0.1, -0.05) is 39.7 Å². The van der Waals surface area contributed by atoms with E-state index in [0.29, 0.717) is 11.4 Å². The molecule has 0 saturated carbocycles. The first-order valence-electron chi connectivity index (χ1n) is 4.10. The van der Waals surface area contributed by atoms with E-state index < -0.39 is 5.60 Å². The monoisotopic (exact) mass is 262 g/mol. The van der Waals surface area contributed by atoms with E-state index in [4.69, 9.17) is 11.6 Å². The molecule has 0 aliphatic rings. The van der Waals surface area contributed by atoms with Gasteiger partial charge >= 0.3 is 0 Å². The molecule has 0 aliphatic heterocycles. The van der Waals surface area contributed by atoms with Crippen LogP contribution >= 0.6 is 27.5 Å². The minimum Gasteiger partial charge on any atom is -0.385 e. The molecule has 1 unspecified atom stereocenters. The third kappa shape index (κ3) is 2.97. The van der Waals surface area contributed by atoms with Crippen molar-refractivity contribution >= 4 is 27.5 Å². The van der Waals surface area contributed by atoms with Crippen LogP contribution in [-0.2, 0) is 5.60 Å². The van der Waals surface area contributed by atoms with Gasteiger partial charge in [0.2, 0.25) is 0 Å². The number of hydrogen-bond donors (Lipinski definition) is 1. The van der Waals surface area contributed by atoms with E-state index in [9.17, 15) is 5.11 Å². The van der Waals surface area contributed by atoms with Crippen molar-refractivity contribution < 1.29 is 5.11 Å². The van der Waals surface area contributed by atoms with E-state index in [1.165, 1.54) is 0 Å². The highest BCUT2D eigenvalue weighted by molar-refractivity contribution is 9.09. The van der Waals surface area contributed by atoms with Crippen molar-refractivity contribution in [3.63, 3.8) is 0 Å². The minimum atomic E-state index is -0.770. The van der Waals surface area contributed by atoms with Gasteiger partial charge in [0.1, 0.15) is 0 Å². The van der Waals surface area contributed by atoms with Gasteiger partial charge in [-0.3, -0.25) is 0 Å². The van der Waals surface area contributed by atoms with Gasteiger partial charge < -0.3 is 5.11 Å². The lowest BCUT2D eigenvalue weighted by molar-refractivity contribution is 0.0547. The predicted octanol–water partition coefficient (Wildman–Crippen LogP) is 3.33. The van der Waals surface area contributed by atoms with Crippen LogP contribution in [0.25, 0.3) is 0 Å². The van der Waals surface area contributed by atoms with Gasteiger partial charge in [0.05, 0.1) is 5.60 Å². The Morgan fingerprint density at radius 2 is 1.92 bits per heavy atom. The molecule has 1 N–H and O–H groups in total. The number of halogens is 2. The van der Waals surface area contributed by atoms with Crippen LogP contribution in [0.2, 0.25) is 5.02 Å². The molecule has 1 nitrogen and oxygen atoms in total. The SMILES string of the molecule is CC(O)(CCBr)c1ccc(Cl)cc1. The topological polar surface area (TPSA) is 20.2 Å². The van der Waals surface area contributed by atoms with E-state index in [1.807, 2.05) is 12.1 Å². The molecule has 3 heteroatoms. The fraction of sp³-hybridized carbons (Fsp3) is 0.400. The lowest BCUT2D eigenvalue weighted by Crippen LogP contribution is -2.21. The number of hydrogen-bond acceptors (Lipinski definition) is 1. The molecule has 1 aromatic rings. The molecule has 0 bridgehead atoms. The maximum Gasteiger partial charge on any atom is 0.0876 e. The number of benzene rings is 1. The summed E-state index contributed by atoms with van der Waals surface area (Å²) in [6.45, 7) is 1.80. The average molecular weight is 264 g/mol. The fourth-order valence-corrected chi connectivity index (χ4v) is 2.04. The van der Waals surface area contributed by atoms with Gasteiger partial charge in [-0.25, -0.2) is 0 Å². The van der Waals surface area contributed by atoms with E-state index in [-0.39, 0.29) is 0 Å². The number of aliphatic hydroxyl groups is 1. The Morgan fingerprint density at radius 3 is 2.38 bits per heavy atom. The maximum absolute atomic E-state index is 10.0. The third-order valence-corrected chi connectivity index (χ3v) is 2.70. The Labute approximate surface area is 91.9 Å². The normalized spacial score (nSPS) is 15.4. The summed E-state index contributed by atoms with van der Waals surface area (Å²) in [5.41, 5.74) is 0.130. The molecule has 0 saturated heterocycles. The van der Waals surface area contributed by atoms with E-state index in [2.05, 4.69) is 15.9 Å². The summed E-state index contributed by atoms with van der Waals surface area (Å²) in [4.78, 5) is 0. The van der Waals surface area contributed by atoms with Crippen LogP contribution in [0.3, 0.4) is 0 Å². The number of alkyl halides is 1. The molecule has 1 rings (SSSR count). The van der Waals surface area contributed by atoms with Crippen LogP contribution in [0.4, 0.5) is 0 Å². The standard InChI is InChI=1S/C10H12BrClO/c1-10(13,6-7-11)8-2-4-9(12)5-3-8/h2-5,13H,6-7H2,1H3. The van der Waals surface area contributed by atoms with Crippen molar-refractivity contribution in [2.24, 2.45) is 0 Å². The third-order valence-electron chi connectivity index (χ3n) is 2.05. The fourth-order valence-electron chi connectivity index (χ4n) is 1.14. The summed E-state index contributed by atoms with van der Waals surface area (Å²) in [5, 5.41) is 11.5. The first-order chi connectivity index (χ1) is 6.06. The second-order valence-corrected chi connectivity index (χ2v) is 4.45. The van der Waals surface area contributed by atoms with Crippen molar-refractivity contribution in [3.8, 4) is 0 Å². The second kappa shape index (κ2) is 4.45. The van der Waals surface area contributed by atoms with Crippen LogP contribution in [0.5, 0.6) is 0 Å². The van der Waals surface area contributed by atoms with E-state index in [0.717, 1.165) is 10.9 Å². The Bertz CT molecular complexity index is 269. The van der Waals surface area contributed by atoms with Crippen molar-refractivity contribution in [1.29, 1.82) is 0 Å². The number of rotatable bonds is 3. The van der Waals surface area contributed by atoms with Crippen molar-refractivity contribution in [2.75, 3.05) is 5.33 Å². The van der Waals surface area contributed by atoms with Gasteiger partial charge in [-0.2, -0.15) is 0 Å². The molecule has 1 atom stereocenters. The summed E-state index contributed by atoms with van der Waals surface area (Å²) < 4.78 is 0. The zero-order valence-electron chi connectivity index (χ0n) is 7.43. The molecular formula is C10H12BrClO. The van der Waals surface area contributed by atoms with Crippen LogP contribution < -0.4 is 0 Å². The van der Waals surface area contributed by atoms with Gasteiger partial charge in [0.15, 0.2) is 0 Å². The predicted molar refractivity (Wildman–Crippen MR) is 59.4 cm³/mol. The average Bonchev–Trinajstić information content (AvgIpc) is 2.05.